The summed E-state index contributed by atoms with van der Waals surface area (Å²) in [6.07, 6.45) is 5.35. The third kappa shape index (κ3) is 2.69. The first-order valence-electron chi connectivity index (χ1n) is 7.15. The Kier molecular flexibility index (Phi) is 4.28. The summed E-state index contributed by atoms with van der Waals surface area (Å²) < 4.78 is 0. The van der Waals surface area contributed by atoms with Crippen molar-refractivity contribution in [1.82, 2.24) is 0 Å². The number of hydrogen-bond donors (Lipinski definition) is 1. The van der Waals surface area contributed by atoms with Crippen molar-refractivity contribution >= 4 is 5.69 Å². The maximum absolute atomic E-state index is 5.88. The Balaban J connectivity index is 2.20. The van der Waals surface area contributed by atoms with Crippen LogP contribution in [-0.4, -0.2) is 13.1 Å². The molecule has 2 N–H and O–H groups in total. The molecule has 100 valence electrons. The van der Waals surface area contributed by atoms with Crippen LogP contribution in [0.3, 0.4) is 0 Å². The highest BCUT2D eigenvalue weighted by atomic mass is 15.1. The van der Waals surface area contributed by atoms with Crippen molar-refractivity contribution in [1.29, 1.82) is 0 Å². The van der Waals surface area contributed by atoms with Crippen LogP contribution in [0.2, 0.25) is 0 Å². The molecule has 0 bridgehead atoms. The van der Waals surface area contributed by atoms with Gasteiger partial charge in [0.2, 0.25) is 0 Å². The summed E-state index contributed by atoms with van der Waals surface area (Å²) >= 11 is 0. The molecule has 2 heteroatoms. The van der Waals surface area contributed by atoms with Gasteiger partial charge in [-0.3, -0.25) is 0 Å². The lowest BCUT2D eigenvalue weighted by molar-refractivity contribution is 0.340. The van der Waals surface area contributed by atoms with Crippen LogP contribution in [-0.2, 0) is 6.54 Å². The molecule has 0 spiro atoms. The van der Waals surface area contributed by atoms with E-state index >= 15 is 0 Å². The molecule has 0 aromatic heterocycles. The van der Waals surface area contributed by atoms with Gasteiger partial charge < -0.3 is 10.6 Å². The van der Waals surface area contributed by atoms with E-state index in [0.717, 1.165) is 5.92 Å². The molecule has 1 fully saturated rings. The fourth-order valence-corrected chi connectivity index (χ4v) is 3.20. The molecule has 18 heavy (non-hydrogen) atoms. The van der Waals surface area contributed by atoms with E-state index in [2.05, 4.69) is 44.0 Å². The molecule has 1 aromatic rings. The molecule has 0 atom stereocenters. The van der Waals surface area contributed by atoms with Gasteiger partial charge in [-0.2, -0.15) is 0 Å². The van der Waals surface area contributed by atoms with Crippen molar-refractivity contribution in [3.8, 4) is 0 Å². The van der Waals surface area contributed by atoms with Crippen molar-refractivity contribution in [3.05, 3.63) is 29.3 Å². The average Bonchev–Trinajstić information content (AvgIpc) is 2.38. The van der Waals surface area contributed by atoms with Gasteiger partial charge in [-0.25, -0.2) is 0 Å². The summed E-state index contributed by atoms with van der Waals surface area (Å²) in [7, 11) is 2.24. The lowest BCUT2D eigenvalue weighted by Gasteiger charge is -2.37. The molecule has 1 aromatic carbocycles. The van der Waals surface area contributed by atoms with Crippen LogP contribution in [0.25, 0.3) is 0 Å². The lowest BCUT2D eigenvalue weighted by atomic mass is 9.86. The summed E-state index contributed by atoms with van der Waals surface area (Å²) in [6.45, 7) is 5.19. The monoisotopic (exact) mass is 246 g/mol. The molecule has 2 rings (SSSR count). The Labute approximate surface area is 111 Å². The van der Waals surface area contributed by atoms with E-state index in [4.69, 9.17) is 5.73 Å². The van der Waals surface area contributed by atoms with Crippen LogP contribution in [0.4, 0.5) is 5.69 Å². The third-order valence-corrected chi connectivity index (χ3v) is 4.43. The number of benzene rings is 1. The number of para-hydroxylation sites is 1. The van der Waals surface area contributed by atoms with Gasteiger partial charge in [0.15, 0.2) is 0 Å². The Morgan fingerprint density at radius 3 is 2.50 bits per heavy atom. The zero-order chi connectivity index (χ0) is 13.1. The molecule has 0 radical (unpaired) electrons. The zero-order valence-corrected chi connectivity index (χ0v) is 11.9. The highest BCUT2D eigenvalue weighted by molar-refractivity contribution is 5.59. The fourth-order valence-electron chi connectivity index (χ4n) is 3.20. The zero-order valence-electron chi connectivity index (χ0n) is 11.9. The van der Waals surface area contributed by atoms with Crippen molar-refractivity contribution in [2.24, 2.45) is 11.7 Å². The van der Waals surface area contributed by atoms with Gasteiger partial charge >= 0.3 is 0 Å². The second-order valence-corrected chi connectivity index (χ2v) is 5.81. The smallest absolute Gasteiger partial charge is 0.0441 e. The maximum atomic E-state index is 5.88. The van der Waals surface area contributed by atoms with Crippen molar-refractivity contribution in [2.45, 2.75) is 52.1 Å². The maximum Gasteiger partial charge on any atom is 0.0441 e. The molecule has 0 saturated heterocycles. The van der Waals surface area contributed by atoms with E-state index < -0.39 is 0 Å². The van der Waals surface area contributed by atoms with E-state index in [1.807, 2.05) is 0 Å². The van der Waals surface area contributed by atoms with E-state index in [9.17, 15) is 0 Å². The summed E-state index contributed by atoms with van der Waals surface area (Å²) in [5, 5.41) is 0. The standard InChI is InChI=1S/C16H26N2/c1-12-7-9-15(10-8-12)18(3)16-13(2)5-4-6-14(16)11-17/h4-6,12,15H,7-11,17H2,1-3H3. The second-order valence-electron chi connectivity index (χ2n) is 5.81. The van der Waals surface area contributed by atoms with Crippen LogP contribution in [0.5, 0.6) is 0 Å². The molecule has 2 nitrogen and oxygen atoms in total. The summed E-state index contributed by atoms with van der Waals surface area (Å²) in [6, 6.07) is 7.14. The summed E-state index contributed by atoms with van der Waals surface area (Å²) in [5.74, 6) is 0.903. The van der Waals surface area contributed by atoms with Gasteiger partial charge in [-0.05, 0) is 49.7 Å². The van der Waals surface area contributed by atoms with Gasteiger partial charge in [-0.1, -0.05) is 25.1 Å². The Morgan fingerprint density at radius 1 is 1.22 bits per heavy atom. The number of aryl methyl sites for hydroxylation is 1. The quantitative estimate of drug-likeness (QED) is 0.885. The minimum absolute atomic E-state index is 0.629. The normalized spacial score (nSPS) is 24.0. The average molecular weight is 246 g/mol. The lowest BCUT2D eigenvalue weighted by Crippen LogP contribution is -2.36. The molecular weight excluding hydrogens is 220 g/mol. The fraction of sp³-hybridized carbons (Fsp3) is 0.625. The van der Waals surface area contributed by atoms with E-state index in [0.29, 0.717) is 12.6 Å². The SMILES string of the molecule is Cc1cccc(CN)c1N(C)C1CCC(C)CC1. The Hall–Kier alpha value is -1.02. The summed E-state index contributed by atoms with van der Waals surface area (Å²) in [4.78, 5) is 2.48. The largest absolute Gasteiger partial charge is 0.371 e. The number of rotatable bonds is 3. The first kappa shape index (κ1) is 13.4. The van der Waals surface area contributed by atoms with Crippen LogP contribution >= 0.6 is 0 Å². The predicted octanol–water partition coefficient (Wildman–Crippen LogP) is 3.47. The topological polar surface area (TPSA) is 29.3 Å². The van der Waals surface area contributed by atoms with Crippen molar-refractivity contribution in [2.75, 3.05) is 11.9 Å². The molecular formula is C16H26N2. The molecule has 0 unspecified atom stereocenters. The van der Waals surface area contributed by atoms with Crippen LogP contribution in [0.15, 0.2) is 18.2 Å². The van der Waals surface area contributed by atoms with Crippen molar-refractivity contribution in [3.63, 3.8) is 0 Å². The first-order valence-corrected chi connectivity index (χ1v) is 7.15. The minimum atomic E-state index is 0.629. The van der Waals surface area contributed by atoms with Crippen LogP contribution in [0.1, 0.15) is 43.7 Å². The van der Waals surface area contributed by atoms with Gasteiger partial charge in [0.05, 0.1) is 0 Å². The van der Waals surface area contributed by atoms with Gasteiger partial charge in [0, 0.05) is 25.3 Å². The van der Waals surface area contributed by atoms with Crippen LogP contribution < -0.4 is 10.6 Å². The molecule has 0 aliphatic heterocycles. The number of nitrogens with two attached hydrogens (primary N) is 1. The van der Waals surface area contributed by atoms with Gasteiger partial charge in [-0.15, -0.1) is 0 Å². The molecule has 1 aliphatic carbocycles. The highest BCUT2D eigenvalue weighted by Crippen LogP contribution is 2.32. The minimum Gasteiger partial charge on any atom is -0.371 e. The van der Waals surface area contributed by atoms with Crippen LogP contribution in [0, 0.1) is 12.8 Å². The Morgan fingerprint density at radius 2 is 1.89 bits per heavy atom. The summed E-state index contributed by atoms with van der Waals surface area (Å²) in [5.41, 5.74) is 9.86. The number of hydrogen-bond acceptors (Lipinski definition) is 2. The van der Waals surface area contributed by atoms with E-state index in [1.165, 1.54) is 42.5 Å². The van der Waals surface area contributed by atoms with E-state index in [-0.39, 0.29) is 0 Å². The third-order valence-electron chi connectivity index (χ3n) is 4.43. The van der Waals surface area contributed by atoms with E-state index in [1.54, 1.807) is 0 Å². The van der Waals surface area contributed by atoms with Crippen molar-refractivity contribution < 1.29 is 0 Å². The number of nitrogens with zero attached hydrogens (tertiary/aromatic N) is 1. The Bertz CT molecular complexity index is 392. The molecule has 0 heterocycles. The highest BCUT2D eigenvalue weighted by Gasteiger charge is 2.23. The van der Waals surface area contributed by atoms with Gasteiger partial charge in [0.25, 0.3) is 0 Å². The first-order chi connectivity index (χ1) is 8.63. The molecule has 0 amide bonds. The molecule has 1 aliphatic rings. The predicted molar refractivity (Wildman–Crippen MR) is 78.9 cm³/mol. The molecule has 1 saturated carbocycles. The van der Waals surface area contributed by atoms with Gasteiger partial charge in [0.1, 0.15) is 0 Å². The number of anilines is 1. The second kappa shape index (κ2) is 5.75.